The summed E-state index contributed by atoms with van der Waals surface area (Å²) < 4.78 is 14.5. The zero-order valence-corrected chi connectivity index (χ0v) is 45.8. The third-order valence-corrected chi connectivity index (χ3v) is 13.8. The normalized spacial score (nSPS) is 14.4. The lowest BCUT2D eigenvalue weighted by Crippen LogP contribution is -2.30. The molecule has 0 saturated heterocycles. The summed E-state index contributed by atoms with van der Waals surface area (Å²) in [6.07, 6.45) is 11.2. The van der Waals surface area contributed by atoms with Crippen molar-refractivity contribution < 1.29 is 39.2 Å². The van der Waals surface area contributed by atoms with Crippen molar-refractivity contribution in [3.63, 3.8) is 0 Å². The number of nitrogens with zero attached hydrogens (tertiary/aromatic N) is 18. The molecule has 2 amide bonds. The number of carboxylic acids is 1. The number of hydrogen-bond donors (Lipinski definition) is 6. The Hall–Kier alpha value is -8.89. The molecular weight excluding hydrogens is 1050 g/mol. The van der Waals surface area contributed by atoms with Gasteiger partial charge in [-0.1, -0.05) is 83.2 Å². The van der Waals surface area contributed by atoms with Gasteiger partial charge in [-0.15, -0.1) is 30.6 Å². The van der Waals surface area contributed by atoms with E-state index < -0.39 is 60.1 Å². The molecule has 28 nitrogen and oxygen atoms in total. The Balaban J connectivity index is 1.10. The summed E-state index contributed by atoms with van der Waals surface area (Å²) in [5.74, 6) is -1.76. The van der Waals surface area contributed by atoms with Crippen molar-refractivity contribution in [2.24, 2.45) is 17.6 Å². The summed E-state index contributed by atoms with van der Waals surface area (Å²) >= 11 is 4.73. The summed E-state index contributed by atoms with van der Waals surface area (Å²) in [5.41, 5.74) is 10.0. The first kappa shape index (κ1) is 57.3. The Bertz CT molecular complexity index is 3350. The number of carboxylic acid groups (broad SMARTS) is 1. The molecule has 8 rings (SSSR count). The van der Waals surface area contributed by atoms with E-state index in [-0.39, 0.29) is 60.7 Å². The summed E-state index contributed by atoms with van der Waals surface area (Å²) in [6.45, 7) is 9.35. The quantitative estimate of drug-likeness (QED) is 0.0300. The maximum Gasteiger partial charge on any atom is 0.330 e. The predicted molar refractivity (Wildman–Crippen MR) is 286 cm³/mol. The topological polar surface area (TPSA) is 361 Å². The van der Waals surface area contributed by atoms with Gasteiger partial charge in [0, 0.05) is 38.4 Å². The predicted octanol–water partition coefficient (Wildman–Crippen LogP) is 3.73. The maximum absolute atomic E-state index is 12.8. The third-order valence-electron chi connectivity index (χ3n) is 13.5. The zero-order valence-electron chi connectivity index (χ0n) is 44.9. The average Bonchev–Trinajstić information content (AvgIpc) is 4.33. The largest absolute Gasteiger partial charge is 0.508 e. The van der Waals surface area contributed by atoms with Crippen LogP contribution < -0.4 is 11.1 Å². The number of ether oxygens (including phenoxy) is 1. The zero-order chi connectivity index (χ0) is 57.2. The van der Waals surface area contributed by atoms with Crippen LogP contribution in [0.3, 0.4) is 0 Å². The number of phenolic OH excluding ortho intramolecular Hbond substituents is 2. The lowest BCUT2D eigenvalue weighted by Gasteiger charge is -2.19. The molecule has 0 unspecified atom stereocenters. The van der Waals surface area contributed by atoms with E-state index >= 15 is 0 Å². The number of aromatic hydroxyl groups is 2. The molecule has 0 aliphatic carbocycles. The standard InChI is InChI=1S/C51H64N20O8S/c1-29(2)19-46(51(78)79-6)70-23-37(55-63-70)42(15-17-48(52)75)66-22-36(54-60-66)43(16-18-49(76)77)67-24-38(56-61-67)44(20-32-7-11-34(73)12-8-32)68-26-40(58-62-68)47(28-80)71-25-39(57-64-71)45(21-33-9-13-35(74)14-10-33)69-27-41(59-65-69)50(30(3)4)53-31(5)72/h7-14,22-27,29-30,42-47,50,73-74,80H,15-21,28H2,1-6H3,(H2,52,75)(H,53,72)(H,76,77)/t42-,43-,44-,45-,46-,47-,50-/m0/s1. The fourth-order valence-electron chi connectivity index (χ4n) is 9.32. The van der Waals surface area contributed by atoms with E-state index in [2.05, 4.69) is 67.2 Å². The second kappa shape index (κ2) is 25.7. The van der Waals surface area contributed by atoms with Gasteiger partial charge in [0.15, 0.2) is 6.04 Å². The number of aromatic nitrogens is 18. The number of rotatable bonds is 28. The van der Waals surface area contributed by atoms with Crippen molar-refractivity contribution in [3.05, 3.63) is 131 Å². The van der Waals surface area contributed by atoms with E-state index in [1.54, 1.807) is 87.6 Å². The minimum absolute atomic E-state index is 0.0151. The van der Waals surface area contributed by atoms with Gasteiger partial charge in [-0.2, -0.15) is 12.6 Å². The van der Waals surface area contributed by atoms with Gasteiger partial charge >= 0.3 is 11.9 Å². The Labute approximate surface area is 464 Å². The number of carbonyl (C=O) groups excluding carboxylic acids is 3. The molecule has 80 heavy (non-hydrogen) atoms. The lowest BCUT2D eigenvalue weighted by molar-refractivity contribution is -0.145. The number of methoxy groups -OCH3 is 1. The number of thiol groups is 1. The molecule has 0 radical (unpaired) electrons. The molecule has 8 aromatic rings. The van der Waals surface area contributed by atoms with Crippen molar-refractivity contribution in [2.45, 2.75) is 122 Å². The van der Waals surface area contributed by atoms with Gasteiger partial charge in [-0.25, -0.2) is 32.9 Å². The first-order valence-corrected chi connectivity index (χ1v) is 26.5. The van der Waals surface area contributed by atoms with Crippen molar-refractivity contribution in [3.8, 4) is 11.5 Å². The van der Waals surface area contributed by atoms with Crippen LogP contribution in [0.15, 0.2) is 85.7 Å². The van der Waals surface area contributed by atoms with Crippen LogP contribution >= 0.6 is 12.6 Å². The van der Waals surface area contributed by atoms with Crippen molar-refractivity contribution in [1.82, 2.24) is 95.3 Å². The second-order valence-electron chi connectivity index (χ2n) is 20.3. The molecular formula is C51H64N20O8S. The molecule has 29 heteroatoms. The van der Waals surface area contributed by atoms with Gasteiger partial charge < -0.3 is 31.1 Å². The van der Waals surface area contributed by atoms with E-state index in [1.807, 2.05) is 39.8 Å². The first-order valence-electron chi connectivity index (χ1n) is 25.9. The highest BCUT2D eigenvalue weighted by Crippen LogP contribution is 2.32. The maximum atomic E-state index is 12.8. The van der Waals surface area contributed by atoms with E-state index in [4.69, 9.17) is 23.1 Å². The second-order valence-corrected chi connectivity index (χ2v) is 20.6. The average molecular weight is 1120 g/mol. The van der Waals surface area contributed by atoms with Crippen LogP contribution in [0.25, 0.3) is 0 Å². The molecule has 422 valence electrons. The number of nitrogens with one attached hydrogen (secondary N) is 1. The van der Waals surface area contributed by atoms with Crippen molar-refractivity contribution >= 4 is 36.4 Å². The number of benzene rings is 2. The number of nitrogens with two attached hydrogens (primary N) is 1. The Morgan fingerprint density at radius 3 is 1.35 bits per heavy atom. The molecule has 6 heterocycles. The molecule has 6 aromatic heterocycles. The summed E-state index contributed by atoms with van der Waals surface area (Å²) in [7, 11) is 1.30. The number of phenols is 2. The molecule has 2 aromatic carbocycles. The van der Waals surface area contributed by atoms with Crippen molar-refractivity contribution in [1.29, 1.82) is 0 Å². The highest BCUT2D eigenvalue weighted by atomic mass is 32.1. The number of aliphatic carboxylic acids is 1. The number of primary amides is 1. The van der Waals surface area contributed by atoms with Gasteiger partial charge in [0.1, 0.15) is 63.8 Å². The van der Waals surface area contributed by atoms with Gasteiger partial charge in [0.25, 0.3) is 0 Å². The first-order chi connectivity index (χ1) is 38.4. The van der Waals surface area contributed by atoms with Crippen LogP contribution in [0.1, 0.15) is 154 Å². The Morgan fingerprint density at radius 1 is 0.575 bits per heavy atom. The van der Waals surface area contributed by atoms with Gasteiger partial charge in [0.05, 0.1) is 62.4 Å². The monoisotopic (exact) mass is 1120 g/mol. The van der Waals surface area contributed by atoms with Crippen LogP contribution in [-0.4, -0.2) is 142 Å². The van der Waals surface area contributed by atoms with Gasteiger partial charge in [0.2, 0.25) is 11.8 Å². The molecule has 0 aliphatic heterocycles. The smallest absolute Gasteiger partial charge is 0.330 e. The van der Waals surface area contributed by atoms with E-state index in [0.29, 0.717) is 53.4 Å². The summed E-state index contributed by atoms with van der Waals surface area (Å²) in [4.78, 5) is 49.2. The van der Waals surface area contributed by atoms with Crippen LogP contribution in [0.2, 0.25) is 0 Å². The number of esters is 1. The Morgan fingerprint density at radius 2 is 0.950 bits per heavy atom. The summed E-state index contributed by atoms with van der Waals surface area (Å²) in [6, 6.07) is 9.05. The number of hydrogen-bond acceptors (Lipinski definition) is 20. The van der Waals surface area contributed by atoms with Crippen LogP contribution in [0.4, 0.5) is 0 Å². The number of carbonyl (C=O) groups is 4. The molecule has 6 N–H and O–H groups in total. The van der Waals surface area contributed by atoms with E-state index in [9.17, 15) is 34.5 Å². The SMILES string of the molecule is COC(=O)[C@H](CC(C)C)n1cc([C@H](CCC(N)=O)n2cc([C@H](CCC(=O)O)n3cc([C@H](Cc4ccc(O)cc4)n4cc([C@H](CS)n5cc([C@H](Cc6ccc(O)cc6)n6cc([C@@H](NC(C)=O)C(C)C)nn6)nn5)nn4)nn3)nn2)nn1. The minimum atomic E-state index is -1.06. The summed E-state index contributed by atoms with van der Waals surface area (Å²) in [5, 5.41) is 87.1. The molecule has 0 spiro atoms. The van der Waals surface area contributed by atoms with E-state index in [0.717, 1.165) is 11.1 Å². The molecule has 0 saturated carbocycles. The third kappa shape index (κ3) is 14.0. The van der Waals surface area contributed by atoms with Crippen LogP contribution in [0, 0.1) is 11.8 Å². The van der Waals surface area contributed by atoms with Gasteiger partial charge in [-0.3, -0.25) is 14.4 Å². The Kier molecular flexibility index (Phi) is 18.4. The lowest BCUT2D eigenvalue weighted by atomic mass is 10.0. The van der Waals surface area contributed by atoms with Crippen LogP contribution in [0.5, 0.6) is 11.5 Å². The van der Waals surface area contributed by atoms with Gasteiger partial charge in [-0.05, 0) is 66.5 Å². The molecule has 0 fully saturated rings. The van der Waals surface area contributed by atoms with Crippen molar-refractivity contribution in [2.75, 3.05) is 12.9 Å². The molecule has 7 atom stereocenters. The number of amides is 2. The highest BCUT2D eigenvalue weighted by Gasteiger charge is 2.32. The fourth-order valence-corrected chi connectivity index (χ4v) is 9.67. The highest BCUT2D eigenvalue weighted by molar-refractivity contribution is 7.80. The molecule has 0 bridgehead atoms. The fraction of sp³-hybridized carbons (Fsp3) is 0.451. The van der Waals surface area contributed by atoms with E-state index in [1.165, 1.54) is 28.1 Å². The minimum Gasteiger partial charge on any atom is -0.508 e. The molecule has 0 aliphatic rings. The van der Waals surface area contributed by atoms with Crippen LogP contribution in [-0.2, 0) is 36.8 Å².